The van der Waals surface area contributed by atoms with Crippen LogP contribution in [0.2, 0.25) is 0 Å². The minimum atomic E-state index is -0.0305. The van der Waals surface area contributed by atoms with Gasteiger partial charge in [0.2, 0.25) is 5.91 Å². The summed E-state index contributed by atoms with van der Waals surface area (Å²) in [5.41, 5.74) is 0. The summed E-state index contributed by atoms with van der Waals surface area (Å²) in [4.78, 5) is 33.7. The van der Waals surface area contributed by atoms with Gasteiger partial charge in [0.15, 0.2) is 0 Å². The van der Waals surface area contributed by atoms with Crippen molar-refractivity contribution in [3.8, 4) is 0 Å². The molecule has 0 bridgehead atoms. The van der Waals surface area contributed by atoms with E-state index in [0.29, 0.717) is 26.1 Å². The number of hydrogen-bond donors (Lipinski definition) is 2. The number of carbonyl (C=O) groups is 2. The quantitative estimate of drug-likeness (QED) is 0.764. The molecule has 2 N–H and O–H groups in total. The summed E-state index contributed by atoms with van der Waals surface area (Å²) in [6.45, 7) is 4.35. The van der Waals surface area contributed by atoms with Gasteiger partial charge in [-0.15, -0.1) is 0 Å². The lowest BCUT2D eigenvalue weighted by Crippen LogP contribution is -2.56. The molecule has 3 amide bonds. The van der Waals surface area contributed by atoms with Gasteiger partial charge in [-0.05, 0) is 6.42 Å². The molecule has 0 spiro atoms. The first-order chi connectivity index (χ1) is 11.1. The van der Waals surface area contributed by atoms with Crippen LogP contribution in [-0.2, 0) is 11.3 Å². The van der Waals surface area contributed by atoms with Crippen molar-refractivity contribution in [2.45, 2.75) is 25.4 Å². The van der Waals surface area contributed by atoms with Gasteiger partial charge in [0, 0.05) is 52.2 Å². The lowest BCUT2D eigenvalue weighted by atomic mass is 10.1. The fraction of sp³-hybridized carbons (Fsp3) is 0.714. The Bertz CT molecular complexity index is 539. The Balaban J connectivity index is 1.42. The molecule has 126 valence electrons. The SMILES string of the molecule is CN1C[C@@H](NC(=O)N2CCN(Cc3ncn[nH]3)CC2)CCC1=O. The number of aromatic amines is 1. The number of urea groups is 1. The molecule has 0 aliphatic carbocycles. The molecule has 9 nitrogen and oxygen atoms in total. The van der Waals surface area contributed by atoms with E-state index in [2.05, 4.69) is 25.4 Å². The maximum atomic E-state index is 12.3. The molecule has 1 atom stereocenters. The molecule has 2 aliphatic heterocycles. The first kappa shape index (κ1) is 15.7. The number of amides is 3. The minimum absolute atomic E-state index is 0.0305. The maximum absolute atomic E-state index is 12.3. The molecule has 2 saturated heterocycles. The molecule has 2 fully saturated rings. The van der Waals surface area contributed by atoms with Crippen molar-refractivity contribution in [2.24, 2.45) is 0 Å². The molecule has 1 aromatic heterocycles. The summed E-state index contributed by atoms with van der Waals surface area (Å²) in [7, 11) is 1.78. The van der Waals surface area contributed by atoms with Crippen LogP contribution in [0.1, 0.15) is 18.7 Å². The highest BCUT2D eigenvalue weighted by Crippen LogP contribution is 2.11. The van der Waals surface area contributed by atoms with Crippen molar-refractivity contribution in [1.82, 2.24) is 35.2 Å². The zero-order valence-corrected chi connectivity index (χ0v) is 13.4. The van der Waals surface area contributed by atoms with Crippen molar-refractivity contribution >= 4 is 11.9 Å². The van der Waals surface area contributed by atoms with Crippen molar-refractivity contribution in [1.29, 1.82) is 0 Å². The standard InChI is InChI=1S/C14H23N7O2/c1-19-8-11(2-3-13(19)22)17-14(23)21-6-4-20(5-7-21)9-12-15-10-16-18-12/h10-11H,2-9H2,1H3,(H,17,23)(H,15,16,18)/t11-/m0/s1. The number of hydrogen-bond acceptors (Lipinski definition) is 5. The van der Waals surface area contributed by atoms with Gasteiger partial charge in [0.25, 0.3) is 0 Å². The van der Waals surface area contributed by atoms with E-state index in [4.69, 9.17) is 0 Å². The molecule has 0 unspecified atom stereocenters. The normalized spacial score (nSPS) is 23.2. The molecular formula is C14H23N7O2. The average Bonchev–Trinajstić information content (AvgIpc) is 3.04. The van der Waals surface area contributed by atoms with Gasteiger partial charge < -0.3 is 15.1 Å². The molecule has 3 heterocycles. The van der Waals surface area contributed by atoms with Crippen molar-refractivity contribution in [2.75, 3.05) is 39.8 Å². The third kappa shape index (κ3) is 3.98. The second-order valence-electron chi connectivity index (χ2n) is 6.15. The average molecular weight is 321 g/mol. The first-order valence-electron chi connectivity index (χ1n) is 7.98. The van der Waals surface area contributed by atoms with Gasteiger partial charge in [0.05, 0.1) is 6.54 Å². The van der Waals surface area contributed by atoms with Gasteiger partial charge in [0.1, 0.15) is 12.2 Å². The van der Waals surface area contributed by atoms with Crippen molar-refractivity contribution < 1.29 is 9.59 Å². The number of likely N-dealkylation sites (tertiary alicyclic amines) is 1. The maximum Gasteiger partial charge on any atom is 0.317 e. The van der Waals surface area contributed by atoms with E-state index in [1.165, 1.54) is 6.33 Å². The van der Waals surface area contributed by atoms with E-state index in [1.54, 1.807) is 11.9 Å². The Labute approximate surface area is 135 Å². The largest absolute Gasteiger partial charge is 0.344 e. The number of piperidine rings is 1. The van der Waals surface area contributed by atoms with Crippen LogP contribution in [-0.4, -0.2) is 87.6 Å². The van der Waals surface area contributed by atoms with Gasteiger partial charge in [-0.25, -0.2) is 9.78 Å². The lowest BCUT2D eigenvalue weighted by molar-refractivity contribution is -0.132. The first-order valence-corrected chi connectivity index (χ1v) is 7.98. The molecule has 0 aromatic carbocycles. The summed E-state index contributed by atoms with van der Waals surface area (Å²) < 4.78 is 0. The number of piperazine rings is 1. The van der Waals surface area contributed by atoms with Gasteiger partial charge >= 0.3 is 6.03 Å². The minimum Gasteiger partial charge on any atom is -0.344 e. The topological polar surface area (TPSA) is 97.5 Å². The van der Waals surface area contributed by atoms with Crippen LogP contribution in [0.5, 0.6) is 0 Å². The van der Waals surface area contributed by atoms with Crippen molar-refractivity contribution in [3.05, 3.63) is 12.2 Å². The Morgan fingerprint density at radius 2 is 2.17 bits per heavy atom. The van der Waals surface area contributed by atoms with Crippen LogP contribution in [0.3, 0.4) is 0 Å². The molecule has 0 saturated carbocycles. The summed E-state index contributed by atoms with van der Waals surface area (Å²) in [5, 5.41) is 9.74. The Kier molecular flexibility index (Phi) is 4.75. The Morgan fingerprint density at radius 1 is 1.39 bits per heavy atom. The van der Waals surface area contributed by atoms with Crippen LogP contribution in [0.25, 0.3) is 0 Å². The molecule has 2 aliphatic rings. The van der Waals surface area contributed by atoms with Gasteiger partial charge in [-0.3, -0.25) is 14.8 Å². The second-order valence-corrected chi connectivity index (χ2v) is 6.15. The van der Waals surface area contributed by atoms with Gasteiger partial charge in [-0.1, -0.05) is 0 Å². The number of nitrogens with zero attached hydrogens (tertiary/aromatic N) is 5. The van der Waals surface area contributed by atoms with E-state index < -0.39 is 0 Å². The fourth-order valence-corrected chi connectivity index (χ4v) is 3.02. The third-order valence-corrected chi connectivity index (χ3v) is 4.45. The number of likely N-dealkylation sites (N-methyl/N-ethyl adjacent to an activating group) is 1. The zero-order valence-electron chi connectivity index (χ0n) is 13.4. The predicted octanol–water partition coefficient (Wildman–Crippen LogP) is -0.747. The monoisotopic (exact) mass is 321 g/mol. The fourth-order valence-electron chi connectivity index (χ4n) is 3.02. The van der Waals surface area contributed by atoms with E-state index in [1.807, 2.05) is 4.90 Å². The number of nitrogens with one attached hydrogen (secondary N) is 2. The van der Waals surface area contributed by atoms with E-state index in [-0.39, 0.29) is 18.0 Å². The van der Waals surface area contributed by atoms with Crippen LogP contribution in [0, 0.1) is 0 Å². The number of H-pyrrole nitrogens is 1. The van der Waals surface area contributed by atoms with E-state index in [9.17, 15) is 9.59 Å². The van der Waals surface area contributed by atoms with E-state index in [0.717, 1.165) is 31.9 Å². The Hall–Kier alpha value is -2.16. The lowest BCUT2D eigenvalue weighted by Gasteiger charge is -2.36. The van der Waals surface area contributed by atoms with Crippen LogP contribution < -0.4 is 5.32 Å². The molecule has 3 rings (SSSR count). The molecule has 23 heavy (non-hydrogen) atoms. The number of carbonyl (C=O) groups excluding carboxylic acids is 2. The van der Waals surface area contributed by atoms with Crippen LogP contribution in [0.4, 0.5) is 4.79 Å². The molecular weight excluding hydrogens is 298 g/mol. The zero-order chi connectivity index (χ0) is 16.2. The summed E-state index contributed by atoms with van der Waals surface area (Å²) in [6, 6.07) is 0.0227. The van der Waals surface area contributed by atoms with Gasteiger partial charge in [-0.2, -0.15) is 5.10 Å². The van der Waals surface area contributed by atoms with E-state index >= 15 is 0 Å². The molecule has 9 heteroatoms. The van der Waals surface area contributed by atoms with Crippen LogP contribution in [0.15, 0.2) is 6.33 Å². The van der Waals surface area contributed by atoms with Crippen molar-refractivity contribution in [3.63, 3.8) is 0 Å². The highest BCUT2D eigenvalue weighted by Gasteiger charge is 2.27. The number of rotatable bonds is 3. The third-order valence-electron chi connectivity index (χ3n) is 4.45. The highest BCUT2D eigenvalue weighted by atomic mass is 16.2. The summed E-state index contributed by atoms with van der Waals surface area (Å²) in [5.74, 6) is 0.995. The second kappa shape index (κ2) is 6.95. The molecule has 0 radical (unpaired) electrons. The Morgan fingerprint density at radius 3 is 2.83 bits per heavy atom. The highest BCUT2D eigenvalue weighted by molar-refractivity contribution is 5.78. The predicted molar refractivity (Wildman–Crippen MR) is 82.4 cm³/mol. The summed E-state index contributed by atoms with van der Waals surface area (Å²) >= 11 is 0. The van der Waals surface area contributed by atoms with Crippen LogP contribution >= 0.6 is 0 Å². The number of aromatic nitrogens is 3. The smallest absolute Gasteiger partial charge is 0.317 e. The summed E-state index contributed by atoms with van der Waals surface area (Å²) in [6.07, 6.45) is 2.73. The molecule has 1 aromatic rings.